The molecular formula is C10H16BrN3O2. The van der Waals surface area contributed by atoms with Crippen LogP contribution in [-0.4, -0.2) is 23.7 Å². The molecule has 0 saturated heterocycles. The molecule has 1 aromatic rings. The van der Waals surface area contributed by atoms with Crippen molar-refractivity contribution in [3.8, 4) is 0 Å². The second kappa shape index (κ2) is 6.12. The average Bonchev–Trinajstić information content (AvgIpc) is 2.25. The lowest BCUT2D eigenvalue weighted by Crippen LogP contribution is -2.10. The summed E-state index contributed by atoms with van der Waals surface area (Å²) in [5.74, 6) is 0.984. The third kappa shape index (κ3) is 3.13. The Morgan fingerprint density at radius 2 is 2.12 bits per heavy atom. The van der Waals surface area contributed by atoms with Gasteiger partial charge in [-0.2, -0.15) is 0 Å². The van der Waals surface area contributed by atoms with E-state index in [1.165, 1.54) is 0 Å². The first-order valence-corrected chi connectivity index (χ1v) is 5.81. The van der Waals surface area contributed by atoms with Gasteiger partial charge in [-0.3, -0.25) is 0 Å². The summed E-state index contributed by atoms with van der Waals surface area (Å²) in [5.41, 5.74) is 6.51. The number of hydrogen-bond acceptors (Lipinski definition) is 5. The Kier molecular flexibility index (Phi) is 5.11. The van der Waals surface area contributed by atoms with Crippen LogP contribution in [0.15, 0.2) is 4.47 Å². The zero-order chi connectivity index (χ0) is 12.1. The van der Waals surface area contributed by atoms with Crippen molar-refractivity contribution in [2.75, 3.05) is 19.5 Å². The van der Waals surface area contributed by atoms with Crippen LogP contribution in [0.1, 0.15) is 31.5 Å². The Bertz CT molecular complexity index is 360. The van der Waals surface area contributed by atoms with Crippen LogP contribution in [0.4, 0.5) is 5.82 Å². The van der Waals surface area contributed by atoms with Crippen molar-refractivity contribution in [3.63, 3.8) is 0 Å². The predicted octanol–water partition coefficient (Wildman–Crippen LogP) is 2.07. The molecule has 90 valence electrons. The molecule has 0 aliphatic carbocycles. The number of nitrogens with zero attached hydrogens (tertiary/aromatic N) is 2. The number of anilines is 1. The number of methoxy groups -OCH3 is 1. The largest absolute Gasteiger partial charge is 0.383 e. The van der Waals surface area contributed by atoms with Crippen LogP contribution >= 0.6 is 15.9 Å². The number of hydrogen-bond donors (Lipinski definition) is 1. The monoisotopic (exact) mass is 289 g/mol. The van der Waals surface area contributed by atoms with Gasteiger partial charge in [0.2, 0.25) is 0 Å². The van der Waals surface area contributed by atoms with Crippen LogP contribution in [0.5, 0.6) is 0 Å². The van der Waals surface area contributed by atoms with E-state index >= 15 is 0 Å². The summed E-state index contributed by atoms with van der Waals surface area (Å²) in [4.78, 5) is 8.53. The van der Waals surface area contributed by atoms with Gasteiger partial charge in [0.25, 0.3) is 0 Å². The highest BCUT2D eigenvalue weighted by Gasteiger charge is 2.14. The molecule has 16 heavy (non-hydrogen) atoms. The topological polar surface area (TPSA) is 70.3 Å². The van der Waals surface area contributed by atoms with E-state index in [1.54, 1.807) is 7.11 Å². The normalized spacial score (nSPS) is 12.8. The molecule has 0 radical (unpaired) electrons. The number of nitrogens with two attached hydrogens (primary N) is 1. The molecule has 2 N–H and O–H groups in total. The van der Waals surface area contributed by atoms with Gasteiger partial charge in [-0.1, -0.05) is 0 Å². The molecule has 0 amide bonds. The zero-order valence-corrected chi connectivity index (χ0v) is 11.2. The van der Waals surface area contributed by atoms with E-state index in [2.05, 4.69) is 25.9 Å². The Morgan fingerprint density at radius 3 is 2.69 bits per heavy atom. The summed E-state index contributed by atoms with van der Waals surface area (Å²) in [5, 5.41) is 0. The van der Waals surface area contributed by atoms with Crippen molar-refractivity contribution in [1.82, 2.24) is 9.97 Å². The van der Waals surface area contributed by atoms with Gasteiger partial charge >= 0.3 is 0 Å². The first-order valence-electron chi connectivity index (χ1n) is 5.02. The molecule has 0 fully saturated rings. The number of aromatic nitrogens is 2. The number of rotatable bonds is 5. The molecule has 1 rings (SSSR count). The Morgan fingerprint density at radius 1 is 1.44 bits per heavy atom. The van der Waals surface area contributed by atoms with Gasteiger partial charge in [0.05, 0.1) is 16.8 Å². The second-order valence-corrected chi connectivity index (χ2v) is 4.05. The van der Waals surface area contributed by atoms with E-state index in [1.807, 2.05) is 13.8 Å². The maximum Gasteiger partial charge on any atom is 0.159 e. The molecule has 6 heteroatoms. The number of halogens is 1. The van der Waals surface area contributed by atoms with E-state index in [9.17, 15) is 0 Å². The van der Waals surface area contributed by atoms with Crippen molar-refractivity contribution in [1.29, 1.82) is 0 Å². The SMILES string of the molecule is CCOC(C)c1nc(N)c(Br)c(COC)n1. The van der Waals surface area contributed by atoms with E-state index in [0.29, 0.717) is 29.3 Å². The maximum absolute atomic E-state index is 5.78. The van der Waals surface area contributed by atoms with E-state index in [4.69, 9.17) is 15.2 Å². The summed E-state index contributed by atoms with van der Waals surface area (Å²) in [6, 6.07) is 0. The first-order chi connectivity index (χ1) is 7.60. The molecule has 1 atom stereocenters. The van der Waals surface area contributed by atoms with Crippen molar-refractivity contribution in [2.45, 2.75) is 26.6 Å². The fourth-order valence-corrected chi connectivity index (χ4v) is 1.56. The summed E-state index contributed by atoms with van der Waals surface area (Å²) < 4.78 is 11.1. The maximum atomic E-state index is 5.78. The first kappa shape index (κ1) is 13.3. The van der Waals surface area contributed by atoms with E-state index in [0.717, 1.165) is 5.69 Å². The van der Waals surface area contributed by atoms with Crippen LogP contribution in [0, 0.1) is 0 Å². The predicted molar refractivity (Wildman–Crippen MR) is 64.9 cm³/mol. The lowest BCUT2D eigenvalue weighted by Gasteiger charge is -2.13. The molecule has 0 saturated carbocycles. The fourth-order valence-electron chi connectivity index (χ4n) is 1.27. The third-order valence-corrected chi connectivity index (χ3v) is 2.89. The van der Waals surface area contributed by atoms with Gasteiger partial charge in [-0.15, -0.1) is 0 Å². The highest BCUT2D eigenvalue weighted by molar-refractivity contribution is 9.10. The number of ether oxygens (including phenoxy) is 2. The molecule has 5 nitrogen and oxygen atoms in total. The number of nitrogen functional groups attached to an aromatic ring is 1. The van der Waals surface area contributed by atoms with Gasteiger partial charge in [0, 0.05) is 13.7 Å². The minimum absolute atomic E-state index is 0.170. The Hall–Kier alpha value is -0.720. The van der Waals surface area contributed by atoms with Gasteiger partial charge in [-0.05, 0) is 29.8 Å². The zero-order valence-electron chi connectivity index (χ0n) is 9.66. The minimum Gasteiger partial charge on any atom is -0.383 e. The van der Waals surface area contributed by atoms with E-state index < -0.39 is 0 Å². The fraction of sp³-hybridized carbons (Fsp3) is 0.600. The third-order valence-electron chi connectivity index (χ3n) is 2.02. The van der Waals surface area contributed by atoms with Crippen LogP contribution in [-0.2, 0) is 16.1 Å². The van der Waals surface area contributed by atoms with Crippen LogP contribution in [0.25, 0.3) is 0 Å². The molecule has 0 aliphatic heterocycles. The second-order valence-electron chi connectivity index (χ2n) is 3.26. The summed E-state index contributed by atoms with van der Waals surface area (Å²) in [7, 11) is 1.61. The average molecular weight is 290 g/mol. The van der Waals surface area contributed by atoms with Crippen LogP contribution in [0.2, 0.25) is 0 Å². The summed E-state index contributed by atoms with van der Waals surface area (Å²) in [6.45, 7) is 4.82. The summed E-state index contributed by atoms with van der Waals surface area (Å²) >= 11 is 3.33. The van der Waals surface area contributed by atoms with Crippen LogP contribution in [0.3, 0.4) is 0 Å². The highest BCUT2D eigenvalue weighted by atomic mass is 79.9. The lowest BCUT2D eigenvalue weighted by molar-refractivity contribution is 0.0695. The van der Waals surface area contributed by atoms with Crippen molar-refractivity contribution < 1.29 is 9.47 Å². The molecular weight excluding hydrogens is 274 g/mol. The van der Waals surface area contributed by atoms with Gasteiger partial charge in [-0.25, -0.2) is 9.97 Å². The molecule has 1 unspecified atom stereocenters. The van der Waals surface area contributed by atoms with Crippen LogP contribution < -0.4 is 5.73 Å². The highest BCUT2D eigenvalue weighted by Crippen LogP contribution is 2.24. The Labute approximate surface area is 103 Å². The standard InChI is InChI=1S/C10H16BrN3O2/c1-4-16-6(2)10-13-7(5-15-3)8(11)9(12)14-10/h6H,4-5H2,1-3H3,(H2,12,13,14). The lowest BCUT2D eigenvalue weighted by atomic mass is 10.3. The minimum atomic E-state index is -0.170. The molecule has 0 bridgehead atoms. The quantitative estimate of drug-likeness (QED) is 0.899. The molecule has 1 aromatic heterocycles. The molecule has 1 heterocycles. The van der Waals surface area contributed by atoms with Crippen molar-refractivity contribution >= 4 is 21.7 Å². The van der Waals surface area contributed by atoms with Gasteiger partial charge in [0.1, 0.15) is 11.9 Å². The van der Waals surface area contributed by atoms with E-state index in [-0.39, 0.29) is 6.10 Å². The van der Waals surface area contributed by atoms with Gasteiger partial charge < -0.3 is 15.2 Å². The van der Waals surface area contributed by atoms with Crippen molar-refractivity contribution in [3.05, 3.63) is 16.0 Å². The Balaban J connectivity index is 3.03. The molecule has 0 aliphatic rings. The van der Waals surface area contributed by atoms with Crippen molar-refractivity contribution in [2.24, 2.45) is 0 Å². The van der Waals surface area contributed by atoms with Gasteiger partial charge in [0.15, 0.2) is 5.82 Å². The molecule has 0 aromatic carbocycles. The molecule has 0 spiro atoms. The summed E-state index contributed by atoms with van der Waals surface area (Å²) in [6.07, 6.45) is -0.170. The smallest absolute Gasteiger partial charge is 0.159 e.